The van der Waals surface area contributed by atoms with Crippen molar-refractivity contribution in [3.8, 4) is 66.8 Å². The summed E-state index contributed by atoms with van der Waals surface area (Å²) in [6.45, 7) is 0. The number of hydrogen-bond donors (Lipinski definition) is 2. The van der Waals surface area contributed by atoms with Crippen LogP contribution in [-0.4, -0.2) is 11.8 Å². The molecule has 0 bridgehead atoms. The molecule has 8 aromatic carbocycles. The molecule has 252 valence electrons. The van der Waals surface area contributed by atoms with Gasteiger partial charge in [-0.25, -0.2) is 0 Å². The van der Waals surface area contributed by atoms with Crippen LogP contribution in [0.15, 0.2) is 206 Å². The van der Waals surface area contributed by atoms with Gasteiger partial charge in [-0.2, -0.15) is 0 Å². The Hall–Kier alpha value is -7.10. The molecule has 0 heterocycles. The Bertz CT molecular complexity index is 2530. The molecule has 0 atom stereocenters. The van der Waals surface area contributed by atoms with Crippen LogP contribution >= 0.6 is 0 Å². The minimum absolute atomic E-state index is 0.0566. The van der Waals surface area contributed by atoms with Crippen LogP contribution in [0.25, 0.3) is 66.8 Å². The topological polar surface area (TPSA) is 56.9 Å². The van der Waals surface area contributed by atoms with Crippen LogP contribution in [-0.2, 0) is 4.74 Å². The standard InChI is InChI=1S/C50H36N2O/c51-49(39-26-14-5-15-27-39)53-50(52)43-31-17-29-41(33-43)40-28-16-30-42(32-40)45-34-44(35-18-6-1-7-19-35)46(36-20-8-2-9-21-36)48(38-24-12-4-13-25-38)47(45)37-22-10-3-11-23-37/h1-34,51-52H. The van der Waals surface area contributed by atoms with Gasteiger partial charge >= 0.3 is 0 Å². The highest BCUT2D eigenvalue weighted by molar-refractivity contribution is 6.08. The quantitative estimate of drug-likeness (QED) is 0.122. The van der Waals surface area contributed by atoms with Crippen molar-refractivity contribution in [2.45, 2.75) is 0 Å². The van der Waals surface area contributed by atoms with Gasteiger partial charge in [0.1, 0.15) is 0 Å². The Morgan fingerprint density at radius 1 is 0.283 bits per heavy atom. The van der Waals surface area contributed by atoms with Crippen molar-refractivity contribution in [2.24, 2.45) is 0 Å². The summed E-state index contributed by atoms with van der Waals surface area (Å²) in [4.78, 5) is 0. The second kappa shape index (κ2) is 15.0. The molecule has 0 unspecified atom stereocenters. The van der Waals surface area contributed by atoms with Gasteiger partial charge in [-0.1, -0.05) is 170 Å². The predicted octanol–water partition coefficient (Wildman–Crippen LogP) is 13.1. The number of ether oxygens (including phenoxy) is 1. The summed E-state index contributed by atoms with van der Waals surface area (Å²) in [6.07, 6.45) is 0. The van der Waals surface area contributed by atoms with Crippen LogP contribution in [0.4, 0.5) is 0 Å². The zero-order valence-electron chi connectivity index (χ0n) is 29.0. The lowest BCUT2D eigenvalue weighted by Crippen LogP contribution is -2.12. The van der Waals surface area contributed by atoms with Crippen molar-refractivity contribution in [2.75, 3.05) is 0 Å². The molecule has 0 amide bonds. The first kappa shape index (κ1) is 33.1. The predicted molar refractivity (Wildman–Crippen MR) is 220 cm³/mol. The van der Waals surface area contributed by atoms with Crippen LogP contribution in [0.3, 0.4) is 0 Å². The van der Waals surface area contributed by atoms with Crippen LogP contribution in [0, 0.1) is 10.8 Å². The summed E-state index contributed by atoms with van der Waals surface area (Å²) in [5, 5.41) is 17.1. The molecule has 0 aromatic heterocycles. The average molecular weight is 681 g/mol. The molecular formula is C50H36N2O. The Morgan fingerprint density at radius 2 is 0.642 bits per heavy atom. The molecule has 0 spiro atoms. The van der Waals surface area contributed by atoms with Crippen LogP contribution in [0.5, 0.6) is 0 Å². The van der Waals surface area contributed by atoms with E-state index in [0.29, 0.717) is 11.1 Å². The molecule has 3 heteroatoms. The van der Waals surface area contributed by atoms with Crippen molar-refractivity contribution >= 4 is 11.8 Å². The highest BCUT2D eigenvalue weighted by Gasteiger charge is 2.24. The molecule has 0 saturated heterocycles. The SMILES string of the molecule is N=C(OC(=N)c1cccc(-c2cccc(-c3cc(-c4ccccc4)c(-c4ccccc4)c(-c4ccccc4)c3-c3ccccc3)c2)c1)c1ccccc1. The highest BCUT2D eigenvalue weighted by atomic mass is 16.5. The summed E-state index contributed by atoms with van der Waals surface area (Å²) in [5.74, 6) is -0.126. The normalized spacial score (nSPS) is 10.8. The third-order valence-corrected chi connectivity index (χ3v) is 9.47. The zero-order chi connectivity index (χ0) is 36.0. The van der Waals surface area contributed by atoms with E-state index < -0.39 is 0 Å². The third-order valence-electron chi connectivity index (χ3n) is 9.47. The van der Waals surface area contributed by atoms with Crippen molar-refractivity contribution in [3.05, 3.63) is 217 Å². The monoisotopic (exact) mass is 680 g/mol. The Kier molecular flexibility index (Phi) is 9.37. The Balaban J connectivity index is 1.33. The maximum absolute atomic E-state index is 8.71. The fourth-order valence-electron chi connectivity index (χ4n) is 6.97. The van der Waals surface area contributed by atoms with Crippen molar-refractivity contribution < 1.29 is 4.74 Å². The smallest absolute Gasteiger partial charge is 0.221 e. The maximum atomic E-state index is 8.71. The molecule has 0 radical (unpaired) electrons. The minimum Gasteiger partial charge on any atom is -0.421 e. The molecule has 3 nitrogen and oxygen atoms in total. The fourth-order valence-corrected chi connectivity index (χ4v) is 6.97. The molecule has 0 aliphatic rings. The first-order valence-corrected chi connectivity index (χ1v) is 17.7. The first-order valence-electron chi connectivity index (χ1n) is 17.7. The van der Waals surface area contributed by atoms with Gasteiger partial charge in [0, 0.05) is 11.1 Å². The molecule has 53 heavy (non-hydrogen) atoms. The lowest BCUT2D eigenvalue weighted by Gasteiger charge is -2.24. The molecule has 8 aromatic rings. The van der Waals surface area contributed by atoms with E-state index in [1.54, 1.807) is 12.1 Å². The molecule has 0 aliphatic heterocycles. The van der Waals surface area contributed by atoms with Gasteiger partial charge in [0.05, 0.1) is 0 Å². The molecule has 8 rings (SSSR count). The van der Waals surface area contributed by atoms with E-state index in [1.807, 2.05) is 36.4 Å². The summed E-state index contributed by atoms with van der Waals surface area (Å²) >= 11 is 0. The van der Waals surface area contributed by atoms with Gasteiger partial charge in [0.2, 0.25) is 11.8 Å². The number of rotatable bonds is 8. The van der Waals surface area contributed by atoms with Gasteiger partial charge in [-0.3, -0.25) is 10.8 Å². The van der Waals surface area contributed by atoms with Crippen molar-refractivity contribution in [1.82, 2.24) is 0 Å². The highest BCUT2D eigenvalue weighted by Crippen LogP contribution is 2.50. The molecule has 0 fully saturated rings. The molecule has 0 aliphatic carbocycles. The summed E-state index contributed by atoms with van der Waals surface area (Å²) in [5.41, 5.74) is 14.7. The van der Waals surface area contributed by atoms with E-state index in [1.165, 1.54) is 11.1 Å². The Morgan fingerprint density at radius 3 is 1.19 bits per heavy atom. The number of hydrogen-bond acceptors (Lipinski definition) is 3. The second-order valence-corrected chi connectivity index (χ2v) is 12.8. The first-order chi connectivity index (χ1) is 26.1. The van der Waals surface area contributed by atoms with Gasteiger partial charge in [-0.15, -0.1) is 0 Å². The maximum Gasteiger partial charge on any atom is 0.221 e. The average Bonchev–Trinajstić information content (AvgIpc) is 3.24. The molecular weight excluding hydrogens is 645 g/mol. The van der Waals surface area contributed by atoms with E-state index in [0.717, 1.165) is 55.6 Å². The lowest BCUT2D eigenvalue weighted by molar-refractivity contribution is 0.538. The lowest BCUT2D eigenvalue weighted by atomic mass is 9.78. The van der Waals surface area contributed by atoms with E-state index in [9.17, 15) is 0 Å². The molecule has 0 saturated carbocycles. The van der Waals surface area contributed by atoms with Crippen LogP contribution in [0.2, 0.25) is 0 Å². The van der Waals surface area contributed by atoms with Gasteiger partial charge < -0.3 is 4.74 Å². The number of nitrogens with one attached hydrogen (secondary N) is 2. The van der Waals surface area contributed by atoms with E-state index in [4.69, 9.17) is 15.6 Å². The second-order valence-electron chi connectivity index (χ2n) is 12.8. The van der Waals surface area contributed by atoms with Crippen LogP contribution in [0.1, 0.15) is 11.1 Å². The van der Waals surface area contributed by atoms with Gasteiger partial charge in [-0.05, 0) is 103 Å². The largest absolute Gasteiger partial charge is 0.421 e. The summed E-state index contributed by atoms with van der Waals surface area (Å²) < 4.78 is 5.70. The number of benzene rings is 8. The van der Waals surface area contributed by atoms with Gasteiger partial charge in [0.15, 0.2) is 0 Å². The van der Waals surface area contributed by atoms with E-state index >= 15 is 0 Å². The zero-order valence-corrected chi connectivity index (χ0v) is 29.0. The van der Waals surface area contributed by atoms with E-state index in [-0.39, 0.29) is 11.8 Å². The summed E-state index contributed by atoms with van der Waals surface area (Å²) in [7, 11) is 0. The third kappa shape index (κ3) is 6.97. The molecule has 2 N–H and O–H groups in total. The van der Waals surface area contributed by atoms with Crippen LogP contribution < -0.4 is 0 Å². The summed E-state index contributed by atoms with van der Waals surface area (Å²) in [6, 6.07) is 70.8. The Labute approximate surface area is 310 Å². The minimum atomic E-state index is -0.0697. The van der Waals surface area contributed by atoms with E-state index in [2.05, 4.69) is 158 Å². The fraction of sp³-hybridized carbons (Fsp3) is 0. The van der Waals surface area contributed by atoms with Gasteiger partial charge in [0.25, 0.3) is 0 Å². The van der Waals surface area contributed by atoms with Crippen molar-refractivity contribution in [3.63, 3.8) is 0 Å². The van der Waals surface area contributed by atoms with Crippen molar-refractivity contribution in [1.29, 1.82) is 10.8 Å².